The Kier molecular flexibility index (Phi) is 2.11. The highest BCUT2D eigenvalue weighted by Gasteiger charge is 2.13. The summed E-state index contributed by atoms with van der Waals surface area (Å²) in [7, 11) is 3.37. The first-order valence-electron chi connectivity index (χ1n) is 4.58. The highest BCUT2D eigenvalue weighted by molar-refractivity contribution is 5.96. The predicted octanol–water partition coefficient (Wildman–Crippen LogP) is 1.72. The zero-order chi connectivity index (χ0) is 11.0. The molecule has 4 heteroatoms. The Morgan fingerprint density at radius 3 is 2.73 bits per heavy atom. The van der Waals surface area contributed by atoms with E-state index in [0.29, 0.717) is 17.0 Å². The second-order valence-electron chi connectivity index (χ2n) is 3.61. The molecule has 4 nitrogen and oxygen atoms in total. The van der Waals surface area contributed by atoms with Gasteiger partial charge in [0.15, 0.2) is 5.76 Å². The van der Waals surface area contributed by atoms with E-state index in [-0.39, 0.29) is 5.91 Å². The Morgan fingerprint density at radius 2 is 2.07 bits per heavy atom. The minimum absolute atomic E-state index is 0.148. The smallest absolute Gasteiger partial charge is 0.289 e. The van der Waals surface area contributed by atoms with E-state index in [9.17, 15) is 4.79 Å². The molecule has 0 fully saturated rings. The molecule has 0 atom stereocenters. The van der Waals surface area contributed by atoms with Crippen LogP contribution in [0.1, 0.15) is 10.6 Å². The molecule has 0 aliphatic heterocycles. The van der Waals surface area contributed by atoms with E-state index in [1.54, 1.807) is 38.4 Å². The van der Waals surface area contributed by atoms with E-state index in [1.165, 1.54) is 4.90 Å². The maximum atomic E-state index is 11.6. The summed E-state index contributed by atoms with van der Waals surface area (Å²) in [6.45, 7) is 0. The minimum atomic E-state index is -0.148. The van der Waals surface area contributed by atoms with E-state index >= 15 is 0 Å². The Labute approximate surface area is 87.3 Å². The summed E-state index contributed by atoms with van der Waals surface area (Å²) in [5.74, 6) is 0.186. The molecule has 1 aromatic heterocycles. The second kappa shape index (κ2) is 3.31. The first-order chi connectivity index (χ1) is 7.08. The first kappa shape index (κ1) is 9.58. The summed E-state index contributed by atoms with van der Waals surface area (Å²) in [5.41, 5.74) is 6.97. The SMILES string of the molecule is CN(C)C(=O)c1cc2cc(N)ccc2o1. The number of amides is 1. The molecule has 0 aliphatic carbocycles. The first-order valence-corrected chi connectivity index (χ1v) is 4.58. The average molecular weight is 204 g/mol. The van der Waals surface area contributed by atoms with E-state index in [2.05, 4.69) is 0 Å². The molecule has 2 N–H and O–H groups in total. The number of benzene rings is 1. The van der Waals surface area contributed by atoms with Gasteiger partial charge in [-0.05, 0) is 24.3 Å². The van der Waals surface area contributed by atoms with Crippen LogP contribution in [0.2, 0.25) is 0 Å². The number of hydrogen-bond acceptors (Lipinski definition) is 3. The van der Waals surface area contributed by atoms with E-state index < -0.39 is 0 Å². The summed E-state index contributed by atoms with van der Waals surface area (Å²) in [6, 6.07) is 6.99. The maximum absolute atomic E-state index is 11.6. The molecule has 0 radical (unpaired) electrons. The minimum Gasteiger partial charge on any atom is -0.451 e. The lowest BCUT2D eigenvalue weighted by atomic mass is 10.2. The number of nitrogen functional groups attached to an aromatic ring is 1. The van der Waals surface area contributed by atoms with Gasteiger partial charge in [0.05, 0.1) is 0 Å². The standard InChI is InChI=1S/C11H12N2O2/c1-13(2)11(14)10-6-7-5-8(12)3-4-9(7)15-10/h3-6H,12H2,1-2H3. The molecule has 1 heterocycles. The summed E-state index contributed by atoms with van der Waals surface area (Å²) in [5, 5.41) is 0.847. The van der Waals surface area contributed by atoms with Gasteiger partial charge in [-0.1, -0.05) is 0 Å². The molecule has 78 valence electrons. The Balaban J connectivity index is 2.52. The topological polar surface area (TPSA) is 59.5 Å². The second-order valence-corrected chi connectivity index (χ2v) is 3.61. The number of carbonyl (C=O) groups excluding carboxylic acids is 1. The van der Waals surface area contributed by atoms with Gasteiger partial charge in [0.2, 0.25) is 0 Å². The zero-order valence-electron chi connectivity index (χ0n) is 8.65. The number of furan rings is 1. The van der Waals surface area contributed by atoms with Gasteiger partial charge in [0.25, 0.3) is 5.91 Å². The summed E-state index contributed by atoms with van der Waals surface area (Å²) in [6.07, 6.45) is 0. The van der Waals surface area contributed by atoms with Gasteiger partial charge in [-0.2, -0.15) is 0 Å². The number of hydrogen-bond donors (Lipinski definition) is 1. The van der Waals surface area contributed by atoms with Gasteiger partial charge in [0, 0.05) is 25.2 Å². The molecule has 2 rings (SSSR count). The van der Waals surface area contributed by atoms with Crippen molar-refractivity contribution in [3.05, 3.63) is 30.0 Å². The van der Waals surface area contributed by atoms with Crippen LogP contribution < -0.4 is 5.73 Å². The van der Waals surface area contributed by atoms with Crippen molar-refractivity contribution in [2.45, 2.75) is 0 Å². The lowest BCUT2D eigenvalue weighted by Gasteiger charge is -2.06. The molecular weight excluding hydrogens is 192 g/mol. The van der Waals surface area contributed by atoms with E-state index in [4.69, 9.17) is 10.2 Å². The average Bonchev–Trinajstić information content (AvgIpc) is 2.58. The van der Waals surface area contributed by atoms with Crippen molar-refractivity contribution in [2.24, 2.45) is 0 Å². The van der Waals surface area contributed by atoms with Crippen molar-refractivity contribution >= 4 is 22.6 Å². The van der Waals surface area contributed by atoms with Gasteiger partial charge >= 0.3 is 0 Å². The third-order valence-electron chi connectivity index (χ3n) is 2.16. The fraction of sp³-hybridized carbons (Fsp3) is 0.182. The van der Waals surface area contributed by atoms with Crippen LogP contribution in [0.3, 0.4) is 0 Å². The van der Waals surface area contributed by atoms with Crippen molar-refractivity contribution in [3.8, 4) is 0 Å². The van der Waals surface area contributed by atoms with Crippen LogP contribution in [-0.2, 0) is 0 Å². The fourth-order valence-electron chi connectivity index (χ4n) is 1.39. The lowest BCUT2D eigenvalue weighted by molar-refractivity contribution is 0.0799. The number of anilines is 1. The van der Waals surface area contributed by atoms with E-state index in [1.807, 2.05) is 0 Å². The number of nitrogens with zero attached hydrogens (tertiary/aromatic N) is 1. The molecule has 15 heavy (non-hydrogen) atoms. The van der Waals surface area contributed by atoms with Crippen molar-refractivity contribution in [2.75, 3.05) is 19.8 Å². The summed E-state index contributed by atoms with van der Waals surface area (Å²) >= 11 is 0. The third-order valence-corrected chi connectivity index (χ3v) is 2.16. The molecule has 0 unspecified atom stereocenters. The molecule has 2 aromatic rings. The third kappa shape index (κ3) is 1.66. The number of rotatable bonds is 1. The maximum Gasteiger partial charge on any atom is 0.289 e. The van der Waals surface area contributed by atoms with Gasteiger partial charge in [-0.15, -0.1) is 0 Å². The van der Waals surface area contributed by atoms with Gasteiger partial charge in [-0.25, -0.2) is 0 Å². The fourth-order valence-corrected chi connectivity index (χ4v) is 1.39. The molecule has 1 aromatic carbocycles. The Hall–Kier alpha value is -1.97. The zero-order valence-corrected chi connectivity index (χ0v) is 8.65. The quantitative estimate of drug-likeness (QED) is 0.719. The molecule has 0 aliphatic rings. The van der Waals surface area contributed by atoms with Gasteiger partial charge < -0.3 is 15.1 Å². The van der Waals surface area contributed by atoms with E-state index in [0.717, 1.165) is 5.39 Å². The molecule has 0 spiro atoms. The summed E-state index contributed by atoms with van der Waals surface area (Å²) in [4.78, 5) is 13.1. The van der Waals surface area contributed by atoms with Crippen LogP contribution >= 0.6 is 0 Å². The predicted molar refractivity (Wildman–Crippen MR) is 58.6 cm³/mol. The van der Waals surface area contributed by atoms with Crippen LogP contribution in [0, 0.1) is 0 Å². The van der Waals surface area contributed by atoms with Gasteiger partial charge in [0.1, 0.15) is 5.58 Å². The van der Waals surface area contributed by atoms with Crippen LogP contribution in [0.5, 0.6) is 0 Å². The molecule has 1 amide bonds. The number of fused-ring (bicyclic) bond motifs is 1. The normalized spacial score (nSPS) is 10.5. The van der Waals surface area contributed by atoms with Crippen molar-refractivity contribution in [3.63, 3.8) is 0 Å². The van der Waals surface area contributed by atoms with Crippen LogP contribution in [0.25, 0.3) is 11.0 Å². The van der Waals surface area contributed by atoms with Crippen LogP contribution in [-0.4, -0.2) is 24.9 Å². The summed E-state index contributed by atoms with van der Waals surface area (Å²) < 4.78 is 5.40. The highest BCUT2D eigenvalue weighted by Crippen LogP contribution is 2.22. The largest absolute Gasteiger partial charge is 0.451 e. The van der Waals surface area contributed by atoms with Crippen LogP contribution in [0.15, 0.2) is 28.7 Å². The van der Waals surface area contributed by atoms with Crippen molar-refractivity contribution in [1.29, 1.82) is 0 Å². The van der Waals surface area contributed by atoms with Crippen molar-refractivity contribution < 1.29 is 9.21 Å². The molecular formula is C11H12N2O2. The molecule has 0 saturated carbocycles. The molecule has 0 bridgehead atoms. The van der Waals surface area contributed by atoms with Crippen LogP contribution in [0.4, 0.5) is 5.69 Å². The molecule has 0 saturated heterocycles. The number of carbonyl (C=O) groups is 1. The Bertz CT molecular complexity index is 514. The lowest BCUT2D eigenvalue weighted by Crippen LogP contribution is -2.20. The monoisotopic (exact) mass is 204 g/mol. The number of nitrogens with two attached hydrogens (primary N) is 1. The van der Waals surface area contributed by atoms with Crippen molar-refractivity contribution in [1.82, 2.24) is 4.90 Å². The highest BCUT2D eigenvalue weighted by atomic mass is 16.3. The van der Waals surface area contributed by atoms with Gasteiger partial charge in [-0.3, -0.25) is 4.79 Å². The Morgan fingerprint density at radius 1 is 1.33 bits per heavy atom.